The minimum absolute atomic E-state index is 0.0643. The Bertz CT molecular complexity index is 1680. The molecule has 7 unspecified atom stereocenters. The first-order chi connectivity index (χ1) is 24.5. The first kappa shape index (κ1) is 38.6. The van der Waals surface area contributed by atoms with E-state index >= 15 is 0 Å². The molecule has 284 valence electrons. The Balaban J connectivity index is 1.40. The van der Waals surface area contributed by atoms with Crippen molar-refractivity contribution in [2.45, 2.75) is 123 Å². The Morgan fingerprint density at radius 3 is 2.48 bits per heavy atom. The van der Waals surface area contributed by atoms with Crippen LogP contribution in [0.2, 0.25) is 0 Å². The van der Waals surface area contributed by atoms with Gasteiger partial charge in [0.1, 0.15) is 0 Å². The quantitative estimate of drug-likeness (QED) is 0.220. The fraction of sp³-hybridized carbons (Fsp3) is 0.628. The van der Waals surface area contributed by atoms with Crippen LogP contribution in [0.25, 0.3) is 0 Å². The molecule has 6 aliphatic carbocycles. The number of benzene rings is 2. The number of hydrogen-bond donors (Lipinski definition) is 2. The Kier molecular flexibility index (Phi) is 10.8. The van der Waals surface area contributed by atoms with Crippen molar-refractivity contribution in [1.29, 1.82) is 0 Å². The zero-order valence-corrected chi connectivity index (χ0v) is 31.4. The highest BCUT2D eigenvalue weighted by atomic mass is 19.4. The molecule has 4 bridgehead atoms. The third-order valence-electron chi connectivity index (χ3n) is 13.8. The summed E-state index contributed by atoms with van der Waals surface area (Å²) >= 11 is 0. The van der Waals surface area contributed by atoms with Crippen molar-refractivity contribution < 1.29 is 37.7 Å². The standard InChI is InChI=1S/C43H56F3NO5/c1-6-52-39(50)47(25-30-14-15-31-24-37(30)40(31,3)4)26-42(51)20-18-36-34-17-13-28(21-33(48)16-12-27(2)9-8-19-41(36,42)5)22-35(34)38(49)29-10-7-11-32(23-29)43(44,45)46/h7,9-11,13,17,22-23,30-31,33,36-37,48,51H,6,8,12,14-16,18-21,24-26H2,1-5H3. The van der Waals surface area contributed by atoms with E-state index in [1.807, 2.05) is 12.1 Å². The van der Waals surface area contributed by atoms with Gasteiger partial charge in [-0.1, -0.05) is 56.7 Å². The summed E-state index contributed by atoms with van der Waals surface area (Å²) in [6.45, 7) is 11.4. The second kappa shape index (κ2) is 14.6. The van der Waals surface area contributed by atoms with Crippen molar-refractivity contribution in [3.63, 3.8) is 0 Å². The molecule has 6 aliphatic rings. The number of carbonyl (C=O) groups excluding carboxylic acids is 2. The molecule has 1 amide bonds. The van der Waals surface area contributed by atoms with E-state index in [1.165, 1.54) is 18.6 Å². The molecular weight excluding hydrogens is 667 g/mol. The second-order valence-corrected chi connectivity index (χ2v) is 17.1. The van der Waals surface area contributed by atoms with Crippen molar-refractivity contribution in [2.24, 2.45) is 28.6 Å². The van der Waals surface area contributed by atoms with Gasteiger partial charge in [-0.05, 0) is 136 Å². The van der Waals surface area contributed by atoms with Gasteiger partial charge in [-0.25, -0.2) is 4.79 Å². The van der Waals surface area contributed by atoms with Gasteiger partial charge in [0.25, 0.3) is 0 Å². The maximum atomic E-state index is 14.3. The minimum atomic E-state index is -4.61. The van der Waals surface area contributed by atoms with Crippen molar-refractivity contribution in [1.82, 2.24) is 4.90 Å². The van der Waals surface area contributed by atoms with Gasteiger partial charge >= 0.3 is 12.3 Å². The van der Waals surface area contributed by atoms with Crippen LogP contribution in [0.15, 0.2) is 54.1 Å². The van der Waals surface area contributed by atoms with E-state index < -0.39 is 40.7 Å². The lowest BCUT2D eigenvalue weighted by molar-refractivity contribution is -0.137. The summed E-state index contributed by atoms with van der Waals surface area (Å²) in [5, 5.41) is 23.9. The summed E-state index contributed by atoms with van der Waals surface area (Å²) in [4.78, 5) is 29.7. The van der Waals surface area contributed by atoms with Crippen LogP contribution in [0.4, 0.5) is 18.0 Å². The zero-order chi connectivity index (χ0) is 37.6. The maximum absolute atomic E-state index is 14.3. The van der Waals surface area contributed by atoms with Crippen LogP contribution in [0.1, 0.15) is 131 Å². The molecule has 9 heteroatoms. The number of amides is 1. The number of carbonyl (C=O) groups is 2. The van der Waals surface area contributed by atoms with E-state index in [-0.39, 0.29) is 30.0 Å². The number of fused-ring (bicyclic) bond motifs is 10. The fourth-order valence-electron chi connectivity index (χ4n) is 10.4. The summed E-state index contributed by atoms with van der Waals surface area (Å²) in [5.41, 5.74) is -0.0317. The molecule has 2 aromatic carbocycles. The van der Waals surface area contributed by atoms with Crippen molar-refractivity contribution in [2.75, 3.05) is 19.7 Å². The number of aliphatic hydroxyl groups excluding tert-OH is 1. The van der Waals surface area contributed by atoms with E-state index in [9.17, 15) is 33.0 Å². The van der Waals surface area contributed by atoms with Gasteiger partial charge in [0.05, 0.1) is 30.4 Å². The van der Waals surface area contributed by atoms with E-state index in [0.717, 1.165) is 36.1 Å². The largest absolute Gasteiger partial charge is 0.450 e. The zero-order valence-electron chi connectivity index (χ0n) is 31.4. The van der Waals surface area contributed by atoms with Crippen LogP contribution >= 0.6 is 0 Å². The van der Waals surface area contributed by atoms with Crippen LogP contribution < -0.4 is 0 Å². The van der Waals surface area contributed by atoms with Crippen molar-refractivity contribution in [3.8, 4) is 0 Å². The van der Waals surface area contributed by atoms with Crippen molar-refractivity contribution >= 4 is 11.9 Å². The smallest absolute Gasteiger partial charge is 0.416 e. The number of halogens is 3. The molecule has 2 aromatic rings. The lowest BCUT2D eigenvalue weighted by Gasteiger charge is -2.60. The Morgan fingerprint density at radius 2 is 1.79 bits per heavy atom. The lowest BCUT2D eigenvalue weighted by atomic mass is 9.45. The number of rotatable bonds is 7. The molecule has 52 heavy (non-hydrogen) atoms. The monoisotopic (exact) mass is 723 g/mol. The normalized spacial score (nSPS) is 31.5. The molecule has 0 heterocycles. The molecule has 8 rings (SSSR count). The van der Waals surface area contributed by atoms with Gasteiger partial charge in [0.2, 0.25) is 0 Å². The van der Waals surface area contributed by atoms with Crippen LogP contribution in [0.3, 0.4) is 0 Å². The number of alkyl halides is 3. The van der Waals surface area contributed by atoms with Gasteiger partial charge in [-0.2, -0.15) is 13.2 Å². The summed E-state index contributed by atoms with van der Waals surface area (Å²) < 4.78 is 46.9. The topological polar surface area (TPSA) is 87.1 Å². The number of hydrogen-bond acceptors (Lipinski definition) is 5. The minimum Gasteiger partial charge on any atom is -0.450 e. The lowest BCUT2D eigenvalue weighted by Crippen LogP contribution is -2.58. The number of ketones is 1. The van der Waals surface area contributed by atoms with Gasteiger partial charge in [-0.3, -0.25) is 4.79 Å². The molecule has 0 aliphatic heterocycles. The predicted octanol–water partition coefficient (Wildman–Crippen LogP) is 9.51. The van der Waals surface area contributed by atoms with E-state index in [2.05, 4.69) is 33.8 Å². The van der Waals surface area contributed by atoms with E-state index in [1.54, 1.807) is 17.9 Å². The third kappa shape index (κ3) is 7.33. The van der Waals surface area contributed by atoms with Gasteiger partial charge in [0.15, 0.2) is 5.78 Å². The second-order valence-electron chi connectivity index (χ2n) is 17.1. The van der Waals surface area contributed by atoms with Crippen LogP contribution in [-0.2, 0) is 17.3 Å². The molecule has 4 saturated carbocycles. The maximum Gasteiger partial charge on any atom is 0.416 e. The van der Waals surface area contributed by atoms with Gasteiger partial charge < -0.3 is 19.8 Å². The van der Waals surface area contributed by atoms with Gasteiger partial charge in [-0.15, -0.1) is 0 Å². The third-order valence-corrected chi connectivity index (χ3v) is 13.8. The summed E-state index contributed by atoms with van der Waals surface area (Å²) in [7, 11) is 0. The molecule has 0 aromatic heterocycles. The fourth-order valence-corrected chi connectivity index (χ4v) is 10.4. The first-order valence-corrected chi connectivity index (χ1v) is 19.3. The first-order valence-electron chi connectivity index (χ1n) is 19.3. The number of allylic oxidation sites excluding steroid dienone is 2. The molecule has 6 nitrogen and oxygen atoms in total. The van der Waals surface area contributed by atoms with Crippen molar-refractivity contribution in [3.05, 3.63) is 81.9 Å². The molecule has 0 saturated heterocycles. The summed E-state index contributed by atoms with van der Waals surface area (Å²) in [6, 6.07) is 10.0. The molecule has 4 fully saturated rings. The number of nitrogens with zero attached hydrogens (tertiary/aromatic N) is 1. The Labute approximate surface area is 306 Å². The summed E-state index contributed by atoms with van der Waals surface area (Å²) in [5.74, 6) is 0.681. The van der Waals surface area contributed by atoms with Crippen LogP contribution in [-0.4, -0.2) is 58.4 Å². The number of aliphatic hydroxyl groups is 2. The van der Waals surface area contributed by atoms with Gasteiger partial charge in [0, 0.05) is 23.1 Å². The van der Waals surface area contributed by atoms with Crippen LogP contribution in [0, 0.1) is 28.6 Å². The average Bonchev–Trinajstić information content (AvgIpc) is 3.35. The molecule has 0 spiro atoms. The van der Waals surface area contributed by atoms with Crippen LogP contribution in [0.5, 0.6) is 0 Å². The molecular formula is C43H56F3NO5. The average molecular weight is 724 g/mol. The van der Waals surface area contributed by atoms with E-state index in [4.69, 9.17) is 4.74 Å². The highest BCUT2D eigenvalue weighted by Gasteiger charge is 2.59. The predicted molar refractivity (Wildman–Crippen MR) is 195 cm³/mol. The number of ether oxygens (including phenoxy) is 1. The highest BCUT2D eigenvalue weighted by molar-refractivity contribution is 6.10. The summed E-state index contributed by atoms with van der Waals surface area (Å²) in [6.07, 6.45) is 3.45. The highest BCUT2D eigenvalue weighted by Crippen LogP contribution is 2.62. The Morgan fingerprint density at radius 1 is 1.02 bits per heavy atom. The molecule has 7 atom stereocenters. The Hall–Kier alpha value is -3.17. The molecule has 0 radical (unpaired) electrons. The molecule has 2 N–H and O–H groups in total. The van der Waals surface area contributed by atoms with E-state index in [0.29, 0.717) is 80.4 Å². The SMILES string of the molecule is CCOC(=O)N(CC1CCC2CC1C2(C)C)CC1(O)CCC2c3ccc(cc3C(=O)c3cccc(C(F)(F)F)c3)CC(O)CCC(C)=CCCC21C.